The van der Waals surface area contributed by atoms with E-state index in [1.165, 1.54) is 23.3 Å². The Morgan fingerprint density at radius 3 is 1.92 bits per heavy atom. The zero-order chi connectivity index (χ0) is 17.1. The van der Waals surface area contributed by atoms with Crippen LogP contribution in [-0.4, -0.2) is 9.97 Å². The molecular weight excluding hydrogens is 303 g/mol. The molecule has 0 saturated heterocycles. The van der Waals surface area contributed by atoms with Gasteiger partial charge in [-0.2, -0.15) is 0 Å². The number of benzene rings is 2. The molecule has 0 aliphatic rings. The minimum Gasteiger partial charge on any atom is -0.340 e. The Balaban J connectivity index is 1.82. The Hall–Kier alpha value is -2.95. The molecule has 0 aliphatic carbocycles. The molecule has 2 aromatic carbocycles. The molecule has 0 bridgehead atoms. The lowest BCUT2D eigenvalue weighted by Gasteiger charge is -2.11. The fourth-order valence-corrected chi connectivity index (χ4v) is 2.34. The Labute approximate surface area is 140 Å². The van der Waals surface area contributed by atoms with Crippen LogP contribution in [0.25, 0.3) is 0 Å². The number of aromatic nitrogens is 2. The van der Waals surface area contributed by atoms with E-state index in [0.29, 0.717) is 17.5 Å². The van der Waals surface area contributed by atoms with E-state index >= 15 is 0 Å². The average Bonchev–Trinajstić information content (AvgIpc) is 2.53. The fraction of sp³-hybridized carbons (Fsp3) is 0.158. The highest BCUT2D eigenvalue weighted by Crippen LogP contribution is 2.22. The zero-order valence-electron chi connectivity index (χ0n) is 13.9. The number of rotatable bonds is 4. The third-order valence-corrected chi connectivity index (χ3v) is 3.73. The van der Waals surface area contributed by atoms with Crippen LogP contribution in [0, 0.1) is 26.6 Å². The van der Waals surface area contributed by atoms with Crippen LogP contribution in [0.4, 0.5) is 27.4 Å². The van der Waals surface area contributed by atoms with Crippen LogP contribution in [0.1, 0.15) is 17.0 Å². The predicted molar refractivity (Wildman–Crippen MR) is 95.7 cm³/mol. The van der Waals surface area contributed by atoms with Gasteiger partial charge in [0, 0.05) is 17.4 Å². The summed E-state index contributed by atoms with van der Waals surface area (Å²) in [6.07, 6.45) is 0. The molecule has 5 heteroatoms. The minimum absolute atomic E-state index is 0.267. The van der Waals surface area contributed by atoms with Crippen molar-refractivity contribution in [3.8, 4) is 0 Å². The molecule has 0 fully saturated rings. The van der Waals surface area contributed by atoms with Crippen LogP contribution in [0.15, 0.2) is 48.5 Å². The zero-order valence-corrected chi connectivity index (χ0v) is 13.9. The molecule has 0 amide bonds. The number of nitrogens with zero attached hydrogens (tertiary/aromatic N) is 2. The van der Waals surface area contributed by atoms with Gasteiger partial charge in [0.15, 0.2) is 0 Å². The minimum atomic E-state index is -0.267. The summed E-state index contributed by atoms with van der Waals surface area (Å²) in [5.41, 5.74) is 4.21. The molecule has 3 rings (SSSR count). The van der Waals surface area contributed by atoms with Crippen LogP contribution in [0.5, 0.6) is 0 Å². The SMILES string of the molecule is Cc1nc(Nc2ccc(F)cc2)cc(Nc2ccc(C)c(C)c2)n1. The van der Waals surface area contributed by atoms with Gasteiger partial charge in [-0.05, 0) is 68.3 Å². The lowest BCUT2D eigenvalue weighted by molar-refractivity contribution is 0.628. The molecule has 0 unspecified atom stereocenters. The summed E-state index contributed by atoms with van der Waals surface area (Å²) in [6, 6.07) is 14.2. The second-order valence-electron chi connectivity index (χ2n) is 5.74. The molecule has 0 aliphatic heterocycles. The van der Waals surface area contributed by atoms with Gasteiger partial charge >= 0.3 is 0 Å². The Kier molecular flexibility index (Phi) is 4.42. The molecule has 4 nitrogen and oxygen atoms in total. The maximum atomic E-state index is 13.0. The predicted octanol–water partition coefficient (Wildman–Crippen LogP) is 5.03. The van der Waals surface area contributed by atoms with Gasteiger partial charge in [-0.25, -0.2) is 14.4 Å². The quantitative estimate of drug-likeness (QED) is 0.707. The topological polar surface area (TPSA) is 49.8 Å². The van der Waals surface area contributed by atoms with Gasteiger partial charge in [-0.3, -0.25) is 0 Å². The molecule has 0 radical (unpaired) electrons. The average molecular weight is 322 g/mol. The Morgan fingerprint density at radius 1 is 0.708 bits per heavy atom. The van der Waals surface area contributed by atoms with E-state index in [9.17, 15) is 4.39 Å². The highest BCUT2D eigenvalue weighted by Gasteiger charge is 2.04. The van der Waals surface area contributed by atoms with Gasteiger partial charge in [-0.1, -0.05) is 6.07 Å². The second kappa shape index (κ2) is 6.66. The Morgan fingerprint density at radius 2 is 1.29 bits per heavy atom. The summed E-state index contributed by atoms with van der Waals surface area (Å²) in [5.74, 6) is 1.74. The molecule has 1 heterocycles. The van der Waals surface area contributed by atoms with E-state index < -0.39 is 0 Å². The molecule has 0 saturated carbocycles. The molecular formula is C19H19FN4. The van der Waals surface area contributed by atoms with Gasteiger partial charge in [0.1, 0.15) is 23.3 Å². The number of aryl methyl sites for hydroxylation is 3. The molecule has 3 aromatic rings. The van der Waals surface area contributed by atoms with Crippen molar-refractivity contribution in [2.24, 2.45) is 0 Å². The molecule has 0 atom stereocenters. The van der Waals surface area contributed by atoms with Crippen molar-refractivity contribution < 1.29 is 4.39 Å². The maximum absolute atomic E-state index is 13.0. The van der Waals surface area contributed by atoms with E-state index in [4.69, 9.17) is 0 Å². The first kappa shape index (κ1) is 15.9. The van der Waals surface area contributed by atoms with Gasteiger partial charge < -0.3 is 10.6 Å². The summed E-state index contributed by atoms with van der Waals surface area (Å²) in [5, 5.41) is 6.46. The summed E-state index contributed by atoms with van der Waals surface area (Å²) >= 11 is 0. The second-order valence-corrected chi connectivity index (χ2v) is 5.74. The maximum Gasteiger partial charge on any atom is 0.136 e. The van der Waals surface area contributed by atoms with Crippen molar-refractivity contribution in [1.29, 1.82) is 0 Å². The van der Waals surface area contributed by atoms with Gasteiger partial charge in [0.25, 0.3) is 0 Å². The largest absolute Gasteiger partial charge is 0.340 e. The number of hydrogen-bond donors (Lipinski definition) is 2. The summed E-state index contributed by atoms with van der Waals surface area (Å²) in [7, 11) is 0. The van der Waals surface area contributed by atoms with Gasteiger partial charge in [0.05, 0.1) is 0 Å². The molecule has 122 valence electrons. The van der Waals surface area contributed by atoms with Gasteiger partial charge in [0.2, 0.25) is 0 Å². The van der Waals surface area contributed by atoms with Crippen molar-refractivity contribution in [1.82, 2.24) is 9.97 Å². The first-order valence-electron chi connectivity index (χ1n) is 7.72. The van der Waals surface area contributed by atoms with Gasteiger partial charge in [-0.15, -0.1) is 0 Å². The van der Waals surface area contributed by atoms with Crippen molar-refractivity contribution in [3.05, 3.63) is 71.3 Å². The van der Waals surface area contributed by atoms with Crippen LogP contribution >= 0.6 is 0 Å². The number of hydrogen-bond acceptors (Lipinski definition) is 4. The normalized spacial score (nSPS) is 10.5. The van der Waals surface area contributed by atoms with Crippen molar-refractivity contribution in [2.75, 3.05) is 10.6 Å². The highest BCUT2D eigenvalue weighted by atomic mass is 19.1. The highest BCUT2D eigenvalue weighted by molar-refractivity contribution is 5.63. The number of halogens is 1. The summed E-state index contributed by atoms with van der Waals surface area (Å²) < 4.78 is 13.0. The van der Waals surface area contributed by atoms with Crippen molar-refractivity contribution >= 4 is 23.0 Å². The van der Waals surface area contributed by atoms with Crippen molar-refractivity contribution in [3.63, 3.8) is 0 Å². The first-order valence-corrected chi connectivity index (χ1v) is 7.72. The smallest absolute Gasteiger partial charge is 0.136 e. The number of nitrogens with one attached hydrogen (secondary N) is 2. The lowest BCUT2D eigenvalue weighted by atomic mass is 10.1. The van der Waals surface area contributed by atoms with Crippen LogP contribution in [-0.2, 0) is 0 Å². The molecule has 24 heavy (non-hydrogen) atoms. The van der Waals surface area contributed by atoms with E-state index in [-0.39, 0.29) is 5.82 Å². The third kappa shape index (κ3) is 3.87. The van der Waals surface area contributed by atoms with Crippen LogP contribution in [0.2, 0.25) is 0 Å². The molecule has 2 N–H and O–H groups in total. The van der Waals surface area contributed by atoms with E-state index in [1.807, 2.05) is 19.1 Å². The van der Waals surface area contributed by atoms with E-state index in [1.54, 1.807) is 12.1 Å². The Bertz CT molecular complexity index is 860. The van der Waals surface area contributed by atoms with Crippen molar-refractivity contribution in [2.45, 2.75) is 20.8 Å². The van der Waals surface area contributed by atoms with E-state index in [0.717, 1.165) is 11.4 Å². The molecule has 1 aromatic heterocycles. The monoisotopic (exact) mass is 322 g/mol. The summed E-state index contributed by atoms with van der Waals surface area (Å²) in [6.45, 7) is 5.99. The lowest BCUT2D eigenvalue weighted by Crippen LogP contribution is -2.01. The molecule has 0 spiro atoms. The third-order valence-electron chi connectivity index (χ3n) is 3.73. The van der Waals surface area contributed by atoms with E-state index in [2.05, 4.69) is 46.6 Å². The standard InChI is InChI=1S/C19H19FN4/c1-12-4-7-17(10-13(12)2)24-19-11-18(21-14(3)22-19)23-16-8-5-15(20)6-9-16/h4-11H,1-3H3,(H2,21,22,23,24). The number of anilines is 4. The fourth-order valence-electron chi connectivity index (χ4n) is 2.34. The first-order chi connectivity index (χ1) is 11.5. The summed E-state index contributed by atoms with van der Waals surface area (Å²) in [4.78, 5) is 8.78. The van der Waals surface area contributed by atoms with Crippen LogP contribution < -0.4 is 10.6 Å². The van der Waals surface area contributed by atoms with Crippen LogP contribution in [0.3, 0.4) is 0 Å².